The maximum Gasteiger partial charge on any atom is 0.116 e. The minimum Gasteiger partial charge on any atom is -0.255 e. The van der Waals surface area contributed by atoms with Gasteiger partial charge in [-0.15, -0.1) is 0 Å². The van der Waals surface area contributed by atoms with E-state index in [0.717, 1.165) is 55.4 Å². The van der Waals surface area contributed by atoms with Crippen molar-refractivity contribution in [2.45, 2.75) is 0 Å². The summed E-state index contributed by atoms with van der Waals surface area (Å²) in [6.07, 6.45) is 8.80. The average molecular weight is 386 g/mol. The molecule has 0 amide bonds. The highest BCUT2D eigenvalue weighted by atomic mass is 14.8. The Morgan fingerprint density at radius 3 is 2.37 bits per heavy atom. The molecular formula is C24H14N6. The van der Waals surface area contributed by atoms with Crippen molar-refractivity contribution in [3.63, 3.8) is 0 Å². The molecule has 0 unspecified atom stereocenters. The summed E-state index contributed by atoms with van der Waals surface area (Å²) >= 11 is 0. The molecule has 0 saturated heterocycles. The van der Waals surface area contributed by atoms with Gasteiger partial charge in [0.1, 0.15) is 6.33 Å². The van der Waals surface area contributed by atoms with Crippen LogP contribution in [0.1, 0.15) is 0 Å². The van der Waals surface area contributed by atoms with Gasteiger partial charge in [-0.3, -0.25) is 15.0 Å². The smallest absolute Gasteiger partial charge is 0.116 e. The zero-order chi connectivity index (χ0) is 19.9. The molecule has 4 heterocycles. The van der Waals surface area contributed by atoms with Crippen LogP contribution in [-0.2, 0) is 0 Å². The van der Waals surface area contributed by atoms with E-state index in [2.05, 4.69) is 24.9 Å². The van der Waals surface area contributed by atoms with Crippen LogP contribution in [-0.4, -0.2) is 29.9 Å². The Hall–Kier alpha value is -4.32. The minimum absolute atomic E-state index is 0.812. The largest absolute Gasteiger partial charge is 0.255 e. The van der Waals surface area contributed by atoms with Gasteiger partial charge in [0.05, 0.1) is 39.5 Å². The predicted octanol–water partition coefficient (Wildman–Crippen LogP) is 4.85. The van der Waals surface area contributed by atoms with Crippen molar-refractivity contribution in [3.8, 4) is 22.4 Å². The molecule has 0 aliphatic carbocycles. The molecule has 0 atom stereocenters. The van der Waals surface area contributed by atoms with Crippen molar-refractivity contribution in [1.29, 1.82) is 0 Å². The lowest BCUT2D eigenvalue weighted by atomic mass is 10.1. The second-order valence-electron chi connectivity index (χ2n) is 7.02. The third-order valence-electron chi connectivity index (χ3n) is 5.13. The predicted molar refractivity (Wildman–Crippen MR) is 117 cm³/mol. The van der Waals surface area contributed by atoms with Gasteiger partial charge in [-0.2, -0.15) is 0 Å². The highest BCUT2D eigenvalue weighted by molar-refractivity contribution is 5.87. The number of pyridine rings is 2. The van der Waals surface area contributed by atoms with Crippen LogP contribution in [0.2, 0.25) is 0 Å². The van der Waals surface area contributed by atoms with Crippen LogP contribution >= 0.6 is 0 Å². The van der Waals surface area contributed by atoms with Gasteiger partial charge in [-0.1, -0.05) is 18.2 Å². The zero-order valence-corrected chi connectivity index (χ0v) is 15.8. The molecule has 140 valence electrons. The molecule has 2 aromatic carbocycles. The third-order valence-corrected chi connectivity index (χ3v) is 5.13. The van der Waals surface area contributed by atoms with Gasteiger partial charge in [0.25, 0.3) is 0 Å². The summed E-state index contributed by atoms with van der Waals surface area (Å²) in [6, 6.07) is 18.0. The highest BCUT2D eigenvalue weighted by Gasteiger charge is 2.07. The topological polar surface area (TPSA) is 77.3 Å². The van der Waals surface area contributed by atoms with E-state index >= 15 is 0 Å². The molecule has 30 heavy (non-hydrogen) atoms. The number of hydrogen-bond acceptors (Lipinski definition) is 6. The molecule has 0 N–H and O–H groups in total. The summed E-state index contributed by atoms with van der Waals surface area (Å²) in [6.45, 7) is 0. The Kier molecular flexibility index (Phi) is 3.67. The van der Waals surface area contributed by atoms with E-state index in [1.54, 1.807) is 24.9 Å². The molecule has 0 radical (unpaired) electrons. The summed E-state index contributed by atoms with van der Waals surface area (Å²) in [5.41, 5.74) is 8.14. The maximum absolute atomic E-state index is 4.80. The molecule has 0 fully saturated rings. The number of nitrogens with zero attached hydrogens (tertiary/aromatic N) is 6. The standard InChI is InChI=1S/C24H14N6/c1-2-19-22(26-7-1)10-18(12-27-19)15-5-6-20-23(8-15)28-13-24(30-20)16-3-4-17-11-25-14-29-21(17)9-16/h1-14H. The Morgan fingerprint density at radius 2 is 1.37 bits per heavy atom. The third kappa shape index (κ3) is 2.82. The van der Waals surface area contributed by atoms with E-state index in [1.165, 1.54) is 0 Å². The SMILES string of the molecule is c1cnc2cc(-c3ccc4nc(-c5ccc6cncnc6c5)cnc4c3)cnc2c1. The fraction of sp³-hybridized carbons (Fsp3) is 0. The van der Waals surface area contributed by atoms with E-state index in [9.17, 15) is 0 Å². The molecule has 4 aromatic heterocycles. The van der Waals surface area contributed by atoms with Gasteiger partial charge < -0.3 is 0 Å². The fourth-order valence-electron chi connectivity index (χ4n) is 3.57. The lowest BCUT2D eigenvalue weighted by molar-refractivity contribution is 1.22. The van der Waals surface area contributed by atoms with Gasteiger partial charge in [-0.05, 0) is 42.0 Å². The molecule has 0 saturated carbocycles. The number of hydrogen-bond donors (Lipinski definition) is 0. The van der Waals surface area contributed by atoms with Gasteiger partial charge in [-0.25, -0.2) is 15.0 Å². The minimum atomic E-state index is 0.812. The fourth-order valence-corrected chi connectivity index (χ4v) is 3.57. The molecule has 6 nitrogen and oxygen atoms in total. The van der Waals surface area contributed by atoms with Crippen molar-refractivity contribution in [3.05, 3.63) is 85.7 Å². The zero-order valence-electron chi connectivity index (χ0n) is 15.8. The lowest BCUT2D eigenvalue weighted by Gasteiger charge is -2.07. The first-order valence-electron chi connectivity index (χ1n) is 9.52. The highest BCUT2D eigenvalue weighted by Crippen LogP contribution is 2.27. The quantitative estimate of drug-likeness (QED) is 0.423. The Balaban J connectivity index is 1.41. The van der Waals surface area contributed by atoms with Crippen LogP contribution in [0.15, 0.2) is 85.7 Å². The summed E-state index contributed by atoms with van der Waals surface area (Å²) in [4.78, 5) is 26.7. The molecule has 0 aliphatic rings. The van der Waals surface area contributed by atoms with Crippen molar-refractivity contribution in [2.24, 2.45) is 0 Å². The second kappa shape index (κ2) is 6.63. The second-order valence-corrected chi connectivity index (χ2v) is 7.02. The number of benzene rings is 2. The molecule has 6 rings (SSSR count). The molecule has 6 aromatic rings. The van der Waals surface area contributed by atoms with E-state index in [0.29, 0.717) is 0 Å². The normalized spacial score (nSPS) is 11.3. The number of aromatic nitrogens is 6. The van der Waals surface area contributed by atoms with Gasteiger partial charge >= 0.3 is 0 Å². The van der Waals surface area contributed by atoms with Crippen LogP contribution in [0, 0.1) is 0 Å². The summed E-state index contributed by atoms with van der Waals surface area (Å²) < 4.78 is 0. The summed E-state index contributed by atoms with van der Waals surface area (Å²) in [5.74, 6) is 0. The van der Waals surface area contributed by atoms with E-state index in [4.69, 9.17) is 4.98 Å². The van der Waals surface area contributed by atoms with Crippen LogP contribution in [0.3, 0.4) is 0 Å². The number of fused-ring (bicyclic) bond motifs is 3. The monoisotopic (exact) mass is 386 g/mol. The van der Waals surface area contributed by atoms with Crippen LogP contribution in [0.5, 0.6) is 0 Å². The number of rotatable bonds is 2. The van der Waals surface area contributed by atoms with Crippen molar-refractivity contribution in [2.75, 3.05) is 0 Å². The Morgan fingerprint density at radius 1 is 0.533 bits per heavy atom. The van der Waals surface area contributed by atoms with E-state index in [1.807, 2.05) is 60.8 Å². The first-order chi connectivity index (χ1) is 14.8. The summed E-state index contributed by atoms with van der Waals surface area (Å²) in [5, 5.41) is 0.998. The maximum atomic E-state index is 4.80. The van der Waals surface area contributed by atoms with Crippen molar-refractivity contribution < 1.29 is 0 Å². The molecule has 0 bridgehead atoms. The van der Waals surface area contributed by atoms with Crippen LogP contribution < -0.4 is 0 Å². The first kappa shape index (κ1) is 16.6. The van der Waals surface area contributed by atoms with Crippen molar-refractivity contribution >= 4 is 33.0 Å². The molecule has 0 spiro atoms. The summed E-state index contributed by atoms with van der Waals surface area (Å²) in [7, 11) is 0. The van der Waals surface area contributed by atoms with Crippen molar-refractivity contribution in [1.82, 2.24) is 29.9 Å². The molecule has 6 heteroatoms. The van der Waals surface area contributed by atoms with Gasteiger partial charge in [0, 0.05) is 35.1 Å². The Labute approximate surface area is 171 Å². The van der Waals surface area contributed by atoms with E-state index < -0.39 is 0 Å². The van der Waals surface area contributed by atoms with Gasteiger partial charge in [0.15, 0.2) is 0 Å². The first-order valence-corrected chi connectivity index (χ1v) is 9.52. The Bertz CT molecular complexity index is 1440. The van der Waals surface area contributed by atoms with Crippen LogP contribution in [0.4, 0.5) is 0 Å². The lowest BCUT2D eigenvalue weighted by Crippen LogP contribution is -1.91. The van der Waals surface area contributed by atoms with E-state index in [-0.39, 0.29) is 0 Å². The average Bonchev–Trinajstić information content (AvgIpc) is 2.83. The molecular weight excluding hydrogens is 372 g/mol. The van der Waals surface area contributed by atoms with Gasteiger partial charge in [0.2, 0.25) is 0 Å². The van der Waals surface area contributed by atoms with Crippen LogP contribution in [0.25, 0.3) is 55.4 Å². The molecule has 0 aliphatic heterocycles.